The maximum atomic E-state index is 5.22. The fourth-order valence-corrected chi connectivity index (χ4v) is 1.81. The average molecular weight is 232 g/mol. The minimum Gasteiger partial charge on any atom is -0.443 e. The van der Waals surface area contributed by atoms with E-state index in [1.807, 2.05) is 6.07 Å². The van der Waals surface area contributed by atoms with Crippen molar-refractivity contribution in [1.82, 2.24) is 10.3 Å². The molecule has 0 saturated heterocycles. The molecule has 0 atom stereocenters. The SMILES string of the molecule is CC(C)(C)NCCCc1ccc2ocnc2c1. The van der Waals surface area contributed by atoms with Crippen LogP contribution in [-0.2, 0) is 6.42 Å². The van der Waals surface area contributed by atoms with Crippen molar-refractivity contribution in [3.05, 3.63) is 30.2 Å². The van der Waals surface area contributed by atoms with Gasteiger partial charge in [0.25, 0.3) is 0 Å². The Morgan fingerprint density at radius 3 is 2.88 bits per heavy atom. The molecule has 2 aromatic rings. The van der Waals surface area contributed by atoms with Crippen molar-refractivity contribution in [3.63, 3.8) is 0 Å². The van der Waals surface area contributed by atoms with Crippen LogP contribution < -0.4 is 5.32 Å². The Kier molecular flexibility index (Phi) is 3.48. The summed E-state index contributed by atoms with van der Waals surface area (Å²) in [6.45, 7) is 7.61. The van der Waals surface area contributed by atoms with Crippen LogP contribution in [0.1, 0.15) is 32.8 Å². The van der Waals surface area contributed by atoms with Gasteiger partial charge in [-0.1, -0.05) is 6.07 Å². The van der Waals surface area contributed by atoms with Crippen LogP contribution in [0.25, 0.3) is 11.1 Å². The summed E-state index contributed by atoms with van der Waals surface area (Å²) in [6, 6.07) is 6.22. The van der Waals surface area contributed by atoms with Crippen LogP contribution >= 0.6 is 0 Å². The van der Waals surface area contributed by atoms with Gasteiger partial charge in [-0.3, -0.25) is 0 Å². The van der Waals surface area contributed by atoms with Gasteiger partial charge in [-0.05, 0) is 57.9 Å². The lowest BCUT2D eigenvalue weighted by molar-refractivity contribution is 0.422. The zero-order valence-electron chi connectivity index (χ0n) is 10.8. The van der Waals surface area contributed by atoms with E-state index in [1.54, 1.807) is 0 Å². The van der Waals surface area contributed by atoms with Crippen molar-refractivity contribution in [2.45, 2.75) is 39.2 Å². The molecular weight excluding hydrogens is 212 g/mol. The summed E-state index contributed by atoms with van der Waals surface area (Å²) in [5.41, 5.74) is 3.34. The molecule has 92 valence electrons. The summed E-state index contributed by atoms with van der Waals surface area (Å²) in [5, 5.41) is 3.49. The molecule has 17 heavy (non-hydrogen) atoms. The van der Waals surface area contributed by atoms with Crippen LogP contribution in [0.2, 0.25) is 0 Å². The molecule has 0 radical (unpaired) electrons. The van der Waals surface area contributed by atoms with Crippen molar-refractivity contribution in [2.75, 3.05) is 6.54 Å². The summed E-state index contributed by atoms with van der Waals surface area (Å²) in [4.78, 5) is 4.16. The minimum absolute atomic E-state index is 0.204. The molecule has 0 aliphatic carbocycles. The summed E-state index contributed by atoms with van der Waals surface area (Å²) >= 11 is 0. The van der Waals surface area contributed by atoms with Gasteiger partial charge in [0.2, 0.25) is 0 Å². The first-order valence-electron chi connectivity index (χ1n) is 6.12. The molecule has 1 aromatic carbocycles. The van der Waals surface area contributed by atoms with Gasteiger partial charge >= 0.3 is 0 Å². The van der Waals surface area contributed by atoms with E-state index in [9.17, 15) is 0 Å². The third-order valence-corrected chi connectivity index (χ3v) is 2.69. The number of nitrogens with zero attached hydrogens (tertiary/aromatic N) is 1. The van der Waals surface area contributed by atoms with E-state index in [4.69, 9.17) is 4.42 Å². The minimum atomic E-state index is 0.204. The second kappa shape index (κ2) is 4.88. The third-order valence-electron chi connectivity index (χ3n) is 2.69. The zero-order chi connectivity index (χ0) is 12.3. The molecule has 0 fully saturated rings. The van der Waals surface area contributed by atoms with Gasteiger partial charge in [-0.15, -0.1) is 0 Å². The standard InChI is InChI=1S/C14H20N2O/c1-14(2,3)16-8-4-5-11-6-7-13-12(9-11)15-10-17-13/h6-7,9-10,16H,4-5,8H2,1-3H3. The van der Waals surface area contributed by atoms with E-state index >= 15 is 0 Å². The van der Waals surface area contributed by atoms with Gasteiger partial charge in [0.05, 0.1) is 0 Å². The number of nitrogens with one attached hydrogen (secondary N) is 1. The first-order valence-corrected chi connectivity index (χ1v) is 6.12. The Balaban J connectivity index is 1.86. The quantitative estimate of drug-likeness (QED) is 0.823. The fourth-order valence-electron chi connectivity index (χ4n) is 1.81. The molecule has 0 aliphatic rings. The van der Waals surface area contributed by atoms with Gasteiger partial charge in [-0.2, -0.15) is 0 Å². The van der Waals surface area contributed by atoms with E-state index in [1.165, 1.54) is 12.0 Å². The van der Waals surface area contributed by atoms with Crippen molar-refractivity contribution in [3.8, 4) is 0 Å². The molecule has 0 aliphatic heterocycles. The number of rotatable bonds is 4. The Morgan fingerprint density at radius 1 is 1.29 bits per heavy atom. The van der Waals surface area contributed by atoms with Crippen molar-refractivity contribution in [2.24, 2.45) is 0 Å². The number of aryl methyl sites for hydroxylation is 1. The summed E-state index contributed by atoms with van der Waals surface area (Å²) in [6.07, 6.45) is 3.71. The maximum Gasteiger partial charge on any atom is 0.181 e. The number of oxazole rings is 1. The monoisotopic (exact) mass is 232 g/mol. The molecule has 1 aromatic heterocycles. The van der Waals surface area contributed by atoms with Gasteiger partial charge in [0.15, 0.2) is 12.0 Å². The van der Waals surface area contributed by atoms with Gasteiger partial charge in [-0.25, -0.2) is 4.98 Å². The van der Waals surface area contributed by atoms with Crippen LogP contribution in [0, 0.1) is 0 Å². The summed E-state index contributed by atoms with van der Waals surface area (Å²) in [5.74, 6) is 0. The number of benzene rings is 1. The van der Waals surface area contributed by atoms with Crippen molar-refractivity contribution >= 4 is 11.1 Å². The fraction of sp³-hybridized carbons (Fsp3) is 0.500. The highest BCUT2D eigenvalue weighted by Gasteiger charge is 2.07. The van der Waals surface area contributed by atoms with Gasteiger partial charge in [0, 0.05) is 5.54 Å². The van der Waals surface area contributed by atoms with Crippen molar-refractivity contribution < 1.29 is 4.42 Å². The third kappa shape index (κ3) is 3.56. The molecule has 2 rings (SSSR count). The molecule has 0 bridgehead atoms. The molecule has 0 saturated carbocycles. The lowest BCUT2D eigenvalue weighted by Crippen LogP contribution is -2.36. The summed E-state index contributed by atoms with van der Waals surface area (Å²) < 4.78 is 5.22. The number of hydrogen-bond acceptors (Lipinski definition) is 3. The highest BCUT2D eigenvalue weighted by Crippen LogP contribution is 2.15. The van der Waals surface area contributed by atoms with Crippen LogP contribution in [0.3, 0.4) is 0 Å². The lowest BCUT2D eigenvalue weighted by atomic mass is 10.1. The molecule has 3 heteroatoms. The van der Waals surface area contributed by atoms with Crippen LogP contribution in [0.4, 0.5) is 0 Å². The predicted molar refractivity (Wildman–Crippen MR) is 70.1 cm³/mol. The van der Waals surface area contributed by atoms with Gasteiger partial charge < -0.3 is 9.73 Å². The zero-order valence-corrected chi connectivity index (χ0v) is 10.8. The Labute approximate surface area is 102 Å². The Hall–Kier alpha value is -1.35. The molecule has 3 nitrogen and oxygen atoms in total. The largest absolute Gasteiger partial charge is 0.443 e. The molecule has 1 heterocycles. The van der Waals surface area contributed by atoms with Crippen LogP contribution in [-0.4, -0.2) is 17.1 Å². The summed E-state index contributed by atoms with van der Waals surface area (Å²) in [7, 11) is 0. The maximum absolute atomic E-state index is 5.22. The van der Waals surface area contributed by atoms with E-state index in [-0.39, 0.29) is 5.54 Å². The lowest BCUT2D eigenvalue weighted by Gasteiger charge is -2.20. The normalized spacial score (nSPS) is 12.2. The van der Waals surface area contributed by atoms with E-state index in [0.717, 1.165) is 30.5 Å². The average Bonchev–Trinajstić information content (AvgIpc) is 2.70. The number of hydrogen-bond donors (Lipinski definition) is 1. The van der Waals surface area contributed by atoms with Gasteiger partial charge in [0.1, 0.15) is 5.52 Å². The highest BCUT2D eigenvalue weighted by molar-refractivity contribution is 5.72. The van der Waals surface area contributed by atoms with E-state index < -0.39 is 0 Å². The second-order valence-electron chi connectivity index (χ2n) is 5.43. The smallest absolute Gasteiger partial charge is 0.181 e. The van der Waals surface area contributed by atoms with E-state index in [2.05, 4.69) is 43.2 Å². The van der Waals surface area contributed by atoms with E-state index in [0.29, 0.717) is 0 Å². The second-order valence-corrected chi connectivity index (χ2v) is 5.43. The molecule has 1 N–H and O–H groups in total. The topological polar surface area (TPSA) is 38.1 Å². The molecule has 0 spiro atoms. The van der Waals surface area contributed by atoms with Crippen LogP contribution in [0.5, 0.6) is 0 Å². The first kappa shape index (κ1) is 12.1. The highest BCUT2D eigenvalue weighted by atomic mass is 16.3. The first-order chi connectivity index (χ1) is 8.04. The number of fused-ring (bicyclic) bond motifs is 1. The van der Waals surface area contributed by atoms with Crippen LogP contribution in [0.15, 0.2) is 29.0 Å². The van der Waals surface area contributed by atoms with Crippen molar-refractivity contribution in [1.29, 1.82) is 0 Å². The number of aromatic nitrogens is 1. The predicted octanol–water partition coefficient (Wildman–Crippen LogP) is 3.15. The Bertz CT molecular complexity index is 482. The Morgan fingerprint density at radius 2 is 2.12 bits per heavy atom. The molecule has 0 amide bonds. The molecule has 0 unspecified atom stereocenters. The molecular formula is C14H20N2O.